The molecule has 12 nitrogen and oxygen atoms in total. The lowest BCUT2D eigenvalue weighted by molar-refractivity contribution is -0.129. The first kappa shape index (κ1) is 40.4. The molecule has 0 bridgehead atoms. The normalized spacial score (nSPS) is 14.5. The highest BCUT2D eigenvalue weighted by molar-refractivity contribution is 14.1. The number of nitrogens with one attached hydrogen (secondary N) is 2. The number of carboxylic acid groups (broad SMARTS) is 2. The molecule has 4 rings (SSSR count). The molecule has 2 aliphatic rings. The van der Waals surface area contributed by atoms with Crippen LogP contribution in [-0.2, 0) is 32.3 Å². The van der Waals surface area contributed by atoms with Crippen LogP contribution in [0, 0.1) is 21.4 Å². The van der Waals surface area contributed by atoms with Gasteiger partial charge in [0.15, 0.2) is 0 Å². The third kappa shape index (κ3) is 9.35. The Kier molecular flexibility index (Phi) is 15.1. The van der Waals surface area contributed by atoms with E-state index >= 15 is 0 Å². The smallest absolute Gasteiger partial charge is 0.337 e. The molecule has 0 radical (unpaired) electrons. The van der Waals surface area contributed by atoms with Crippen molar-refractivity contribution in [3.05, 3.63) is 43.7 Å². The molecule has 18 heteroatoms. The van der Waals surface area contributed by atoms with E-state index in [1.807, 2.05) is 90.4 Å². The Morgan fingerprint density at radius 3 is 1.23 bits per heavy atom. The summed E-state index contributed by atoms with van der Waals surface area (Å²) in [6.45, 7) is 1.71. The van der Waals surface area contributed by atoms with E-state index < -0.39 is 11.9 Å². The standard InChI is InChI=1S/C30H28I6N4O8/c31-21-13(11-39-9-3-7-17(39)43)23(33)27(25(35)19(21)29(45)46)37-15(41)5-1-2-6-16(42)38-28-24(34)14(12-40-10-4-8-18(40)44)22(32)20(26(28)36)30(47)48/h1-12H2,(H,37,41)(H,38,42)(H,45,46)(H,47,48). The van der Waals surface area contributed by atoms with Crippen molar-refractivity contribution < 1.29 is 39.0 Å². The number of aromatic carboxylic acids is 2. The number of carbonyl (C=O) groups excluding carboxylic acids is 4. The zero-order valence-corrected chi connectivity index (χ0v) is 37.9. The summed E-state index contributed by atoms with van der Waals surface area (Å²) >= 11 is 12.0. The van der Waals surface area contributed by atoms with E-state index in [9.17, 15) is 39.0 Å². The third-order valence-electron chi connectivity index (χ3n) is 7.87. The molecule has 0 unspecified atom stereocenters. The highest BCUT2D eigenvalue weighted by atomic mass is 127. The summed E-state index contributed by atoms with van der Waals surface area (Å²) < 4.78 is 3.21. The Morgan fingerprint density at radius 2 is 0.938 bits per heavy atom. The van der Waals surface area contributed by atoms with Crippen LogP contribution in [0.4, 0.5) is 11.4 Å². The number of carboxylic acids is 2. The second-order valence-corrected chi connectivity index (χ2v) is 17.6. The van der Waals surface area contributed by atoms with Crippen LogP contribution in [0.3, 0.4) is 0 Å². The van der Waals surface area contributed by atoms with Crippen molar-refractivity contribution >= 4 is 182 Å². The van der Waals surface area contributed by atoms with Gasteiger partial charge in [0.2, 0.25) is 23.6 Å². The van der Waals surface area contributed by atoms with Crippen LogP contribution in [0.1, 0.15) is 83.2 Å². The lowest BCUT2D eigenvalue weighted by atomic mass is 10.1. The summed E-state index contributed by atoms with van der Waals surface area (Å²) in [4.78, 5) is 78.4. The molecule has 0 atom stereocenters. The molecule has 48 heavy (non-hydrogen) atoms. The SMILES string of the molecule is O=C(CCCCC(=O)Nc1c(I)c(CN2CCCC2=O)c(I)c(C(=O)O)c1I)Nc1c(I)c(CN2CCCC2=O)c(I)c(C(=O)O)c1I. The molecular formula is C30H28I6N4O8. The van der Waals surface area contributed by atoms with Gasteiger partial charge in [0.1, 0.15) is 0 Å². The van der Waals surface area contributed by atoms with Gasteiger partial charge in [-0.1, -0.05) is 0 Å². The van der Waals surface area contributed by atoms with Crippen molar-refractivity contribution in [1.82, 2.24) is 9.80 Å². The van der Waals surface area contributed by atoms with Crippen LogP contribution in [-0.4, -0.2) is 68.7 Å². The van der Waals surface area contributed by atoms with E-state index in [4.69, 9.17) is 0 Å². The number of halogens is 6. The number of nitrogens with zero attached hydrogens (tertiary/aromatic N) is 2. The molecule has 0 aromatic heterocycles. The summed E-state index contributed by atoms with van der Waals surface area (Å²) in [5.41, 5.74) is 2.29. The summed E-state index contributed by atoms with van der Waals surface area (Å²) in [5, 5.41) is 25.6. The van der Waals surface area contributed by atoms with E-state index in [1.54, 1.807) is 9.80 Å². The van der Waals surface area contributed by atoms with E-state index in [0.29, 0.717) is 82.7 Å². The van der Waals surface area contributed by atoms with Gasteiger partial charge >= 0.3 is 11.9 Å². The zero-order chi connectivity index (χ0) is 35.4. The van der Waals surface area contributed by atoms with Crippen molar-refractivity contribution in [3.8, 4) is 0 Å². The molecule has 2 aromatic carbocycles. The number of amides is 4. The van der Waals surface area contributed by atoms with Crippen LogP contribution in [0.25, 0.3) is 0 Å². The third-order valence-corrected chi connectivity index (χ3v) is 14.8. The molecule has 2 fully saturated rings. The predicted octanol–water partition coefficient (Wildman–Crippen LogP) is 7.09. The Morgan fingerprint density at radius 1 is 0.583 bits per heavy atom. The van der Waals surface area contributed by atoms with E-state index in [0.717, 1.165) is 12.8 Å². The Hall–Kier alpha value is -0.360. The molecule has 2 heterocycles. The van der Waals surface area contributed by atoms with Crippen molar-refractivity contribution in [2.24, 2.45) is 0 Å². The topological polar surface area (TPSA) is 173 Å². The highest BCUT2D eigenvalue weighted by Gasteiger charge is 2.30. The minimum atomic E-state index is -1.12. The number of hydrogen-bond donors (Lipinski definition) is 4. The number of unbranched alkanes of at least 4 members (excludes halogenated alkanes) is 1. The average Bonchev–Trinajstić information content (AvgIpc) is 3.62. The summed E-state index contributed by atoms with van der Waals surface area (Å²) in [7, 11) is 0. The van der Waals surface area contributed by atoms with Gasteiger partial charge in [0.25, 0.3) is 0 Å². The van der Waals surface area contributed by atoms with Crippen LogP contribution in [0.15, 0.2) is 0 Å². The van der Waals surface area contributed by atoms with Crippen LogP contribution in [0.2, 0.25) is 0 Å². The van der Waals surface area contributed by atoms with Gasteiger partial charge < -0.3 is 30.6 Å². The number of rotatable bonds is 13. The number of anilines is 2. The van der Waals surface area contributed by atoms with Gasteiger partial charge in [0.05, 0.1) is 29.6 Å². The van der Waals surface area contributed by atoms with E-state index in [1.165, 1.54) is 0 Å². The number of carbonyl (C=O) groups is 6. The van der Waals surface area contributed by atoms with Gasteiger partial charge in [-0.3, -0.25) is 19.2 Å². The first-order chi connectivity index (χ1) is 22.6. The van der Waals surface area contributed by atoms with Gasteiger partial charge in [0, 0.05) is 77.3 Å². The molecular weight excluding hydrogens is 1310 g/mol. The van der Waals surface area contributed by atoms with Crippen molar-refractivity contribution in [2.75, 3.05) is 23.7 Å². The summed E-state index contributed by atoms with van der Waals surface area (Å²) in [6.07, 6.45) is 3.34. The Balaban J connectivity index is 1.42. The molecule has 4 N–H and O–H groups in total. The second kappa shape index (κ2) is 17.9. The maximum atomic E-state index is 13.0. The first-order valence-corrected chi connectivity index (χ1v) is 21.1. The zero-order valence-electron chi connectivity index (χ0n) is 25.0. The average molecular weight is 1330 g/mol. The van der Waals surface area contributed by atoms with E-state index in [2.05, 4.69) is 55.8 Å². The number of likely N-dealkylation sites (tertiary alicyclic amines) is 2. The fourth-order valence-electron chi connectivity index (χ4n) is 5.40. The maximum Gasteiger partial charge on any atom is 0.337 e. The molecule has 4 amide bonds. The van der Waals surface area contributed by atoms with E-state index in [-0.39, 0.29) is 60.7 Å². The second-order valence-electron chi connectivity index (χ2n) is 11.1. The molecule has 0 spiro atoms. The summed E-state index contributed by atoms with van der Waals surface area (Å²) in [6, 6.07) is 0. The molecule has 0 saturated carbocycles. The lowest BCUT2D eigenvalue weighted by Crippen LogP contribution is -2.26. The quantitative estimate of drug-likeness (QED) is 0.122. The first-order valence-electron chi connectivity index (χ1n) is 14.6. The van der Waals surface area contributed by atoms with Crippen LogP contribution < -0.4 is 10.6 Å². The van der Waals surface area contributed by atoms with Gasteiger partial charge in [-0.05, 0) is 161 Å². The fourth-order valence-corrected chi connectivity index (χ4v) is 13.9. The molecule has 0 aliphatic carbocycles. The molecule has 258 valence electrons. The monoisotopic (exact) mass is 1330 g/mol. The molecule has 2 aromatic rings. The molecule has 2 aliphatic heterocycles. The Labute approximate surface area is 358 Å². The molecule has 2 saturated heterocycles. The largest absolute Gasteiger partial charge is 0.478 e. The lowest BCUT2D eigenvalue weighted by Gasteiger charge is -2.22. The van der Waals surface area contributed by atoms with Crippen LogP contribution in [0.5, 0.6) is 0 Å². The predicted molar refractivity (Wildman–Crippen MR) is 228 cm³/mol. The van der Waals surface area contributed by atoms with Crippen molar-refractivity contribution in [3.63, 3.8) is 0 Å². The maximum absolute atomic E-state index is 13.0. The van der Waals surface area contributed by atoms with Gasteiger partial charge in [-0.15, -0.1) is 0 Å². The summed E-state index contributed by atoms with van der Waals surface area (Å²) in [5.74, 6) is -2.89. The Bertz CT molecular complexity index is 1600. The minimum absolute atomic E-state index is 0.0134. The number of hydrogen-bond acceptors (Lipinski definition) is 6. The van der Waals surface area contributed by atoms with Crippen molar-refractivity contribution in [2.45, 2.75) is 64.5 Å². The van der Waals surface area contributed by atoms with Gasteiger partial charge in [-0.2, -0.15) is 0 Å². The highest BCUT2D eigenvalue weighted by Crippen LogP contribution is 2.38. The van der Waals surface area contributed by atoms with Crippen molar-refractivity contribution in [1.29, 1.82) is 0 Å². The fraction of sp³-hybridized carbons (Fsp3) is 0.400. The van der Waals surface area contributed by atoms with Gasteiger partial charge in [-0.25, -0.2) is 9.59 Å². The number of benzene rings is 2. The minimum Gasteiger partial charge on any atom is -0.478 e. The van der Waals surface area contributed by atoms with Crippen LogP contribution >= 0.6 is 136 Å².